The molecule has 0 saturated carbocycles. The molecule has 0 spiro atoms. The minimum Gasteiger partial charge on any atom is -0.383 e. The van der Waals surface area contributed by atoms with Crippen LogP contribution in [-0.2, 0) is 38.2 Å². The van der Waals surface area contributed by atoms with Crippen molar-refractivity contribution in [3.05, 3.63) is 77.9 Å². The van der Waals surface area contributed by atoms with Crippen LogP contribution in [0.4, 0.5) is 10.1 Å². The lowest BCUT2D eigenvalue weighted by molar-refractivity contribution is 0.171. The third-order valence-electron chi connectivity index (χ3n) is 5.20. The highest BCUT2D eigenvalue weighted by molar-refractivity contribution is 7.90. The van der Waals surface area contributed by atoms with Crippen molar-refractivity contribution < 1.29 is 22.3 Å². The van der Waals surface area contributed by atoms with Crippen LogP contribution in [0, 0.1) is 5.82 Å². The van der Waals surface area contributed by atoms with Gasteiger partial charge in [0.05, 0.1) is 37.4 Å². The second kappa shape index (κ2) is 12.7. The number of thiocarbonyl (C=S) groups is 1. The van der Waals surface area contributed by atoms with Crippen molar-refractivity contribution in [3.63, 3.8) is 0 Å². The smallest absolute Gasteiger partial charge is 0.228 e. The first-order chi connectivity index (χ1) is 16.8. The molecule has 0 aliphatic carbocycles. The molecule has 1 heterocycles. The van der Waals surface area contributed by atoms with E-state index in [1.54, 1.807) is 61.4 Å². The summed E-state index contributed by atoms with van der Waals surface area (Å²) in [7, 11) is -0.564. The standard InChI is InChI=1S/C24H29FN4O4S2/c1-32-14-12-28(23(34)27-21-10-8-20(25)9-11-21)17-22-16-26-24(29(22)13-15-33-2)35(30,31)18-19-6-4-3-5-7-19/h3-11,16H,12-15,17-18H2,1-2H3,(H,27,34). The third kappa shape index (κ3) is 7.56. The lowest BCUT2D eigenvalue weighted by Gasteiger charge is -2.26. The van der Waals surface area contributed by atoms with E-state index in [1.165, 1.54) is 12.1 Å². The number of sulfone groups is 1. The van der Waals surface area contributed by atoms with Crippen LogP contribution in [0.1, 0.15) is 11.3 Å². The number of hydrogen-bond acceptors (Lipinski definition) is 6. The number of imidazole rings is 1. The maximum Gasteiger partial charge on any atom is 0.228 e. The molecule has 0 radical (unpaired) electrons. The number of aromatic nitrogens is 2. The number of halogens is 1. The van der Waals surface area contributed by atoms with Crippen molar-refractivity contribution in [2.45, 2.75) is 24.0 Å². The molecule has 11 heteroatoms. The zero-order valence-electron chi connectivity index (χ0n) is 19.7. The predicted molar refractivity (Wildman–Crippen MR) is 136 cm³/mol. The largest absolute Gasteiger partial charge is 0.383 e. The minimum absolute atomic E-state index is 0.0162. The maximum absolute atomic E-state index is 13.3. The molecule has 2 aromatic carbocycles. The lowest BCUT2D eigenvalue weighted by Crippen LogP contribution is -2.37. The van der Waals surface area contributed by atoms with Gasteiger partial charge in [0.1, 0.15) is 5.82 Å². The Morgan fingerprint density at radius 2 is 1.77 bits per heavy atom. The van der Waals surface area contributed by atoms with Crippen molar-refractivity contribution >= 4 is 32.9 Å². The molecule has 35 heavy (non-hydrogen) atoms. The second-order valence-electron chi connectivity index (χ2n) is 7.77. The van der Waals surface area contributed by atoms with Crippen molar-refractivity contribution in [1.29, 1.82) is 0 Å². The topological polar surface area (TPSA) is 85.7 Å². The Hall–Kier alpha value is -2.86. The molecular weight excluding hydrogens is 491 g/mol. The first-order valence-electron chi connectivity index (χ1n) is 10.9. The summed E-state index contributed by atoms with van der Waals surface area (Å²) in [4.78, 5) is 6.12. The number of anilines is 1. The fourth-order valence-electron chi connectivity index (χ4n) is 3.43. The summed E-state index contributed by atoms with van der Waals surface area (Å²) >= 11 is 5.59. The zero-order chi connectivity index (χ0) is 25.3. The fourth-order valence-corrected chi connectivity index (χ4v) is 5.22. The monoisotopic (exact) mass is 520 g/mol. The van der Waals surface area contributed by atoms with E-state index in [2.05, 4.69) is 10.3 Å². The summed E-state index contributed by atoms with van der Waals surface area (Å²) in [6, 6.07) is 14.8. The fraction of sp³-hybridized carbons (Fsp3) is 0.333. The normalized spacial score (nSPS) is 11.4. The lowest BCUT2D eigenvalue weighted by atomic mass is 10.2. The van der Waals surface area contributed by atoms with Crippen LogP contribution in [0.25, 0.3) is 0 Å². The Kier molecular flexibility index (Phi) is 9.73. The van der Waals surface area contributed by atoms with Gasteiger partial charge in [0.15, 0.2) is 5.11 Å². The van der Waals surface area contributed by atoms with E-state index in [0.717, 1.165) is 0 Å². The van der Waals surface area contributed by atoms with Gasteiger partial charge >= 0.3 is 0 Å². The molecule has 1 N–H and O–H groups in total. The van der Waals surface area contributed by atoms with Gasteiger partial charge in [-0.15, -0.1) is 0 Å². The average molecular weight is 521 g/mol. The predicted octanol–water partition coefficient (Wildman–Crippen LogP) is 3.49. The Morgan fingerprint density at radius 3 is 2.43 bits per heavy atom. The van der Waals surface area contributed by atoms with Crippen LogP contribution in [0.15, 0.2) is 66.0 Å². The second-order valence-corrected chi connectivity index (χ2v) is 10.0. The van der Waals surface area contributed by atoms with Crippen LogP contribution < -0.4 is 5.32 Å². The number of nitrogens with zero attached hydrogens (tertiary/aromatic N) is 3. The van der Waals surface area contributed by atoms with Crippen molar-refractivity contribution in [2.75, 3.05) is 39.3 Å². The van der Waals surface area contributed by atoms with Crippen LogP contribution in [0.3, 0.4) is 0 Å². The molecule has 188 valence electrons. The summed E-state index contributed by atoms with van der Waals surface area (Å²) in [6.07, 6.45) is 1.55. The van der Waals surface area contributed by atoms with E-state index in [0.29, 0.717) is 48.4 Å². The van der Waals surface area contributed by atoms with Gasteiger partial charge in [0, 0.05) is 33.0 Å². The minimum atomic E-state index is -3.71. The van der Waals surface area contributed by atoms with Crippen molar-refractivity contribution in [3.8, 4) is 0 Å². The molecule has 3 aromatic rings. The molecule has 0 bridgehead atoms. The van der Waals surface area contributed by atoms with E-state index in [-0.39, 0.29) is 23.3 Å². The van der Waals surface area contributed by atoms with Gasteiger partial charge in [-0.2, -0.15) is 0 Å². The van der Waals surface area contributed by atoms with Gasteiger partial charge in [-0.05, 0) is 42.0 Å². The molecule has 0 fully saturated rings. The number of benzene rings is 2. The van der Waals surface area contributed by atoms with Crippen LogP contribution in [0.2, 0.25) is 0 Å². The van der Waals surface area contributed by atoms with E-state index in [4.69, 9.17) is 21.7 Å². The van der Waals surface area contributed by atoms with Crippen molar-refractivity contribution in [1.82, 2.24) is 14.5 Å². The number of methoxy groups -OCH3 is 2. The molecule has 0 saturated heterocycles. The maximum atomic E-state index is 13.3. The van der Waals surface area contributed by atoms with E-state index >= 15 is 0 Å². The molecule has 0 aliphatic heterocycles. The highest BCUT2D eigenvalue weighted by Gasteiger charge is 2.25. The molecule has 3 rings (SSSR count). The highest BCUT2D eigenvalue weighted by Crippen LogP contribution is 2.19. The van der Waals surface area contributed by atoms with Crippen LogP contribution in [-0.4, -0.2) is 62.0 Å². The van der Waals surface area contributed by atoms with Gasteiger partial charge in [-0.1, -0.05) is 30.3 Å². The number of nitrogens with one attached hydrogen (secondary N) is 1. The zero-order valence-corrected chi connectivity index (χ0v) is 21.3. The Bertz CT molecular complexity index is 1200. The van der Waals surface area contributed by atoms with Gasteiger partial charge < -0.3 is 24.3 Å². The van der Waals surface area contributed by atoms with Crippen LogP contribution in [0.5, 0.6) is 0 Å². The van der Waals surface area contributed by atoms with Gasteiger partial charge in [-0.3, -0.25) is 0 Å². The SMILES string of the molecule is COCCN(Cc1cnc(S(=O)(=O)Cc2ccccc2)n1CCOC)C(=S)Nc1ccc(F)cc1. The van der Waals surface area contributed by atoms with Crippen molar-refractivity contribution in [2.24, 2.45) is 0 Å². The number of ether oxygens (including phenoxy) is 2. The quantitative estimate of drug-likeness (QED) is 0.364. The molecular formula is C24H29FN4O4S2. The van der Waals surface area contributed by atoms with E-state index in [9.17, 15) is 12.8 Å². The molecule has 0 unspecified atom stereocenters. The molecule has 0 atom stereocenters. The van der Waals surface area contributed by atoms with Gasteiger partial charge in [0.25, 0.3) is 0 Å². The van der Waals surface area contributed by atoms with E-state index in [1.807, 2.05) is 11.0 Å². The Morgan fingerprint density at radius 1 is 1.09 bits per heavy atom. The van der Waals surface area contributed by atoms with Gasteiger partial charge in [0.2, 0.25) is 15.0 Å². The van der Waals surface area contributed by atoms with Crippen LogP contribution >= 0.6 is 12.2 Å². The summed E-state index contributed by atoms with van der Waals surface area (Å²) in [5.41, 5.74) is 1.98. The van der Waals surface area contributed by atoms with Gasteiger partial charge in [-0.25, -0.2) is 17.8 Å². The molecule has 8 nitrogen and oxygen atoms in total. The highest BCUT2D eigenvalue weighted by atomic mass is 32.2. The summed E-state index contributed by atoms with van der Waals surface area (Å²) in [5, 5.41) is 3.47. The molecule has 1 aromatic heterocycles. The average Bonchev–Trinajstić information content (AvgIpc) is 3.25. The Balaban J connectivity index is 1.86. The Labute approximate surface area is 210 Å². The molecule has 0 aliphatic rings. The summed E-state index contributed by atoms with van der Waals surface area (Å²) in [5.74, 6) is -0.501. The number of rotatable bonds is 12. The summed E-state index contributed by atoms with van der Waals surface area (Å²) < 4.78 is 51.8. The first-order valence-corrected chi connectivity index (χ1v) is 13.0. The summed E-state index contributed by atoms with van der Waals surface area (Å²) in [6.45, 7) is 1.76. The molecule has 0 amide bonds. The van der Waals surface area contributed by atoms with E-state index < -0.39 is 9.84 Å². The third-order valence-corrected chi connectivity index (χ3v) is 7.15. The number of hydrogen-bond donors (Lipinski definition) is 1. The first kappa shape index (κ1) is 26.7.